The summed E-state index contributed by atoms with van der Waals surface area (Å²) in [5.41, 5.74) is 1.38. The number of carbonyl (C=O) groups excluding carboxylic acids is 2. The number of amides is 3. The third kappa shape index (κ3) is 4.26. The van der Waals surface area contributed by atoms with E-state index >= 15 is 0 Å². The number of fused-ring (bicyclic) bond motifs is 1. The normalized spacial score (nSPS) is 16.7. The van der Waals surface area contributed by atoms with Crippen LogP contribution in [0.1, 0.15) is 46.6 Å². The summed E-state index contributed by atoms with van der Waals surface area (Å²) in [6.45, 7) is 1.01. The standard InChI is InChI=1S/C19H20Cl2N4O2S/c20-11-5-6-13(14(21)9-11)17(26)25-8-7-15-16(10-25)28-19(23-15)24-18(27)22-12-3-1-2-4-12/h5-6,9,12H,1-4,7-8,10H2,(H2,22,23,24,27). The summed E-state index contributed by atoms with van der Waals surface area (Å²) in [7, 11) is 0. The lowest BCUT2D eigenvalue weighted by molar-refractivity contribution is 0.0736. The van der Waals surface area contributed by atoms with Gasteiger partial charge >= 0.3 is 6.03 Å². The summed E-state index contributed by atoms with van der Waals surface area (Å²) in [5, 5.41) is 7.24. The van der Waals surface area contributed by atoms with Crippen molar-refractivity contribution in [3.63, 3.8) is 0 Å². The van der Waals surface area contributed by atoms with Gasteiger partial charge in [0, 0.05) is 28.9 Å². The van der Waals surface area contributed by atoms with E-state index in [1.165, 1.54) is 11.3 Å². The Morgan fingerprint density at radius 1 is 1.21 bits per heavy atom. The van der Waals surface area contributed by atoms with Crippen molar-refractivity contribution in [2.24, 2.45) is 0 Å². The van der Waals surface area contributed by atoms with Crippen LogP contribution in [0, 0.1) is 0 Å². The molecule has 3 amide bonds. The van der Waals surface area contributed by atoms with Crippen LogP contribution in [-0.4, -0.2) is 34.4 Å². The Hall–Kier alpha value is -1.83. The number of carbonyl (C=O) groups is 2. The predicted molar refractivity (Wildman–Crippen MR) is 111 cm³/mol. The molecule has 1 fully saturated rings. The molecule has 0 radical (unpaired) electrons. The van der Waals surface area contributed by atoms with Crippen LogP contribution in [0.2, 0.25) is 10.0 Å². The van der Waals surface area contributed by atoms with Crippen LogP contribution in [0.4, 0.5) is 9.93 Å². The molecular weight excluding hydrogens is 419 g/mol. The van der Waals surface area contributed by atoms with Crippen LogP contribution in [0.3, 0.4) is 0 Å². The summed E-state index contributed by atoms with van der Waals surface area (Å²) < 4.78 is 0. The molecule has 1 aliphatic carbocycles. The van der Waals surface area contributed by atoms with Crippen molar-refractivity contribution in [3.05, 3.63) is 44.4 Å². The molecular formula is C19H20Cl2N4O2S. The molecule has 1 aromatic carbocycles. The number of rotatable bonds is 3. The van der Waals surface area contributed by atoms with Crippen LogP contribution >= 0.6 is 34.5 Å². The fourth-order valence-electron chi connectivity index (χ4n) is 3.64. The zero-order valence-electron chi connectivity index (χ0n) is 15.1. The first-order valence-electron chi connectivity index (χ1n) is 9.30. The van der Waals surface area contributed by atoms with Gasteiger partial charge in [-0.05, 0) is 31.0 Å². The molecule has 2 N–H and O–H groups in total. The van der Waals surface area contributed by atoms with E-state index in [0.717, 1.165) is 36.3 Å². The fraction of sp³-hybridized carbons (Fsp3) is 0.421. The lowest BCUT2D eigenvalue weighted by Crippen LogP contribution is -2.36. The highest BCUT2D eigenvalue weighted by molar-refractivity contribution is 7.15. The van der Waals surface area contributed by atoms with Gasteiger partial charge < -0.3 is 10.2 Å². The van der Waals surface area contributed by atoms with Crippen molar-refractivity contribution >= 4 is 51.6 Å². The molecule has 0 bridgehead atoms. The number of nitrogens with one attached hydrogen (secondary N) is 2. The lowest BCUT2D eigenvalue weighted by Gasteiger charge is -2.26. The Balaban J connectivity index is 1.41. The van der Waals surface area contributed by atoms with E-state index in [1.54, 1.807) is 23.1 Å². The van der Waals surface area contributed by atoms with Crippen molar-refractivity contribution < 1.29 is 9.59 Å². The largest absolute Gasteiger partial charge is 0.335 e. The minimum Gasteiger partial charge on any atom is -0.335 e. The number of halogens is 2. The number of nitrogens with zero attached hydrogens (tertiary/aromatic N) is 2. The number of thiazole rings is 1. The van der Waals surface area contributed by atoms with Crippen molar-refractivity contribution in [3.8, 4) is 0 Å². The van der Waals surface area contributed by atoms with E-state index in [2.05, 4.69) is 15.6 Å². The molecule has 0 spiro atoms. The Bertz CT molecular complexity index is 911. The first-order valence-corrected chi connectivity index (χ1v) is 10.9. The highest BCUT2D eigenvalue weighted by Gasteiger charge is 2.27. The molecule has 2 aliphatic rings. The topological polar surface area (TPSA) is 74.3 Å². The maximum Gasteiger partial charge on any atom is 0.321 e. The Morgan fingerprint density at radius 2 is 2.00 bits per heavy atom. The van der Waals surface area contributed by atoms with Crippen molar-refractivity contribution in [2.45, 2.75) is 44.7 Å². The van der Waals surface area contributed by atoms with Crippen molar-refractivity contribution in [1.82, 2.24) is 15.2 Å². The summed E-state index contributed by atoms with van der Waals surface area (Å²) in [6.07, 6.45) is 5.04. The maximum atomic E-state index is 12.8. The zero-order valence-corrected chi connectivity index (χ0v) is 17.5. The van der Waals surface area contributed by atoms with Gasteiger partial charge in [-0.1, -0.05) is 47.4 Å². The van der Waals surface area contributed by atoms with Crippen LogP contribution in [0.15, 0.2) is 18.2 Å². The smallest absolute Gasteiger partial charge is 0.321 e. The van der Waals surface area contributed by atoms with Crippen LogP contribution < -0.4 is 10.6 Å². The van der Waals surface area contributed by atoms with Crippen molar-refractivity contribution in [2.75, 3.05) is 11.9 Å². The zero-order chi connectivity index (χ0) is 19.7. The van der Waals surface area contributed by atoms with E-state index in [-0.39, 0.29) is 18.0 Å². The first-order chi connectivity index (χ1) is 13.5. The number of aromatic nitrogens is 1. The van der Waals surface area contributed by atoms with E-state index in [0.29, 0.717) is 40.3 Å². The average molecular weight is 439 g/mol. The average Bonchev–Trinajstić information content (AvgIpc) is 3.29. The quantitative estimate of drug-likeness (QED) is 0.727. The van der Waals surface area contributed by atoms with Gasteiger partial charge in [-0.25, -0.2) is 9.78 Å². The second-order valence-electron chi connectivity index (χ2n) is 7.07. The molecule has 148 valence electrons. The van der Waals surface area contributed by atoms with E-state index < -0.39 is 0 Å². The number of urea groups is 1. The van der Waals surface area contributed by atoms with Gasteiger partial charge in [0.2, 0.25) is 0 Å². The van der Waals surface area contributed by atoms with Gasteiger partial charge in [-0.2, -0.15) is 0 Å². The van der Waals surface area contributed by atoms with Gasteiger partial charge in [0.1, 0.15) is 0 Å². The molecule has 0 unspecified atom stereocenters. The first kappa shape index (κ1) is 19.5. The molecule has 1 aliphatic heterocycles. The molecule has 2 heterocycles. The number of hydrogen-bond donors (Lipinski definition) is 2. The SMILES string of the molecule is O=C(Nc1nc2c(s1)CN(C(=O)c1ccc(Cl)cc1Cl)CC2)NC1CCCC1. The highest BCUT2D eigenvalue weighted by atomic mass is 35.5. The molecule has 0 atom stereocenters. The third-order valence-corrected chi connectivity index (χ3v) is 6.64. The second kappa shape index (κ2) is 8.27. The van der Waals surface area contributed by atoms with Crippen LogP contribution in [0.25, 0.3) is 0 Å². The molecule has 4 rings (SSSR count). The van der Waals surface area contributed by atoms with E-state index in [9.17, 15) is 9.59 Å². The highest BCUT2D eigenvalue weighted by Crippen LogP contribution is 2.30. The number of hydrogen-bond acceptors (Lipinski definition) is 4. The van der Waals surface area contributed by atoms with Crippen LogP contribution in [-0.2, 0) is 13.0 Å². The summed E-state index contributed by atoms with van der Waals surface area (Å²) in [5.74, 6) is -0.130. The Morgan fingerprint density at radius 3 is 2.75 bits per heavy atom. The van der Waals surface area contributed by atoms with Gasteiger partial charge in [0.25, 0.3) is 5.91 Å². The van der Waals surface area contributed by atoms with Gasteiger partial charge in [0.05, 0.1) is 22.8 Å². The lowest BCUT2D eigenvalue weighted by atomic mass is 10.1. The molecule has 28 heavy (non-hydrogen) atoms. The van der Waals surface area contributed by atoms with Gasteiger partial charge in [-0.15, -0.1) is 0 Å². The minimum absolute atomic E-state index is 0.130. The molecule has 9 heteroatoms. The van der Waals surface area contributed by atoms with E-state index in [4.69, 9.17) is 23.2 Å². The number of anilines is 1. The molecule has 6 nitrogen and oxygen atoms in total. The monoisotopic (exact) mass is 438 g/mol. The molecule has 1 saturated carbocycles. The summed E-state index contributed by atoms with van der Waals surface area (Å²) in [6, 6.07) is 4.93. The summed E-state index contributed by atoms with van der Waals surface area (Å²) in [4.78, 5) is 32.2. The van der Waals surface area contributed by atoms with Crippen molar-refractivity contribution in [1.29, 1.82) is 0 Å². The van der Waals surface area contributed by atoms with E-state index in [1.807, 2.05) is 0 Å². The molecule has 2 aromatic rings. The molecule has 1 aromatic heterocycles. The minimum atomic E-state index is -0.209. The summed E-state index contributed by atoms with van der Waals surface area (Å²) >= 11 is 13.5. The Kier molecular flexibility index (Phi) is 5.75. The fourth-order valence-corrected chi connectivity index (χ4v) is 5.15. The predicted octanol–water partition coefficient (Wildman–Crippen LogP) is 4.71. The van der Waals surface area contributed by atoms with Gasteiger partial charge in [0.15, 0.2) is 5.13 Å². The van der Waals surface area contributed by atoms with Gasteiger partial charge in [-0.3, -0.25) is 10.1 Å². The molecule has 0 saturated heterocycles. The van der Waals surface area contributed by atoms with Crippen LogP contribution in [0.5, 0.6) is 0 Å². The maximum absolute atomic E-state index is 12.8. The second-order valence-corrected chi connectivity index (χ2v) is 9.00. The number of benzene rings is 1. The Labute approximate surface area is 177 Å². The third-order valence-electron chi connectivity index (χ3n) is 5.09.